The lowest BCUT2D eigenvalue weighted by atomic mass is 9.88. The van der Waals surface area contributed by atoms with E-state index in [1.165, 1.54) is 16.7 Å². The highest BCUT2D eigenvalue weighted by Crippen LogP contribution is 2.38. The van der Waals surface area contributed by atoms with Crippen molar-refractivity contribution in [1.29, 1.82) is 0 Å². The molecule has 0 bridgehead atoms. The van der Waals surface area contributed by atoms with Gasteiger partial charge in [0, 0.05) is 35.5 Å². The molecule has 0 spiro atoms. The molecule has 0 radical (unpaired) electrons. The fraction of sp³-hybridized carbons (Fsp3) is 0.190. The van der Waals surface area contributed by atoms with Crippen LogP contribution >= 0.6 is 12.8 Å². The standard InChI is InChI=1S/C21H21N3S/c1-2-14-5-3-4-6-18(14)20-13-23-21-19(20)11-16(12-22-21)15-7-9-17(24-25)10-8-15/h3-12,20,24-25H,2,13H2,1H3,(H,22,23). The van der Waals surface area contributed by atoms with Crippen molar-refractivity contribution in [3.8, 4) is 11.1 Å². The molecule has 1 aromatic heterocycles. The summed E-state index contributed by atoms with van der Waals surface area (Å²) < 4.78 is 2.86. The maximum atomic E-state index is 4.67. The number of pyridine rings is 1. The highest BCUT2D eigenvalue weighted by molar-refractivity contribution is 7.81. The third kappa shape index (κ3) is 2.98. The van der Waals surface area contributed by atoms with Gasteiger partial charge in [-0.2, -0.15) is 0 Å². The number of hydrogen-bond acceptors (Lipinski definition) is 4. The zero-order valence-corrected chi connectivity index (χ0v) is 15.1. The third-order valence-electron chi connectivity index (χ3n) is 4.92. The monoisotopic (exact) mass is 347 g/mol. The van der Waals surface area contributed by atoms with Crippen molar-refractivity contribution in [1.82, 2.24) is 4.98 Å². The Hall–Kier alpha value is -2.46. The Morgan fingerprint density at radius 1 is 1.08 bits per heavy atom. The van der Waals surface area contributed by atoms with Gasteiger partial charge in [0.05, 0.1) is 0 Å². The maximum absolute atomic E-state index is 4.67. The number of aryl methyl sites for hydroxylation is 1. The first-order valence-electron chi connectivity index (χ1n) is 8.62. The molecule has 2 heterocycles. The van der Waals surface area contributed by atoms with Gasteiger partial charge in [-0.25, -0.2) is 4.98 Å². The summed E-state index contributed by atoms with van der Waals surface area (Å²) in [5, 5.41) is 3.47. The summed E-state index contributed by atoms with van der Waals surface area (Å²) in [6, 6.07) is 19.3. The normalized spacial score (nSPS) is 15.5. The van der Waals surface area contributed by atoms with Gasteiger partial charge in [-0.05, 0) is 41.3 Å². The second kappa shape index (κ2) is 6.81. The van der Waals surface area contributed by atoms with Crippen LogP contribution in [0.5, 0.6) is 0 Å². The first-order valence-corrected chi connectivity index (χ1v) is 9.07. The van der Waals surface area contributed by atoms with Crippen LogP contribution < -0.4 is 10.0 Å². The minimum absolute atomic E-state index is 0.358. The average Bonchev–Trinajstić information content (AvgIpc) is 3.11. The van der Waals surface area contributed by atoms with Crippen LogP contribution in [0, 0.1) is 0 Å². The number of fused-ring (bicyclic) bond motifs is 1. The summed E-state index contributed by atoms with van der Waals surface area (Å²) in [7, 11) is 0. The topological polar surface area (TPSA) is 37.0 Å². The van der Waals surface area contributed by atoms with Crippen LogP contribution in [0.15, 0.2) is 60.8 Å². The fourth-order valence-electron chi connectivity index (χ4n) is 3.57. The molecular weight excluding hydrogens is 326 g/mol. The summed E-state index contributed by atoms with van der Waals surface area (Å²) in [4.78, 5) is 4.67. The smallest absolute Gasteiger partial charge is 0.129 e. The quantitative estimate of drug-likeness (QED) is 0.573. The Morgan fingerprint density at radius 3 is 2.64 bits per heavy atom. The van der Waals surface area contributed by atoms with Crippen molar-refractivity contribution in [2.75, 3.05) is 16.6 Å². The largest absolute Gasteiger partial charge is 0.369 e. The number of rotatable bonds is 4. The lowest BCUT2D eigenvalue weighted by Gasteiger charge is -2.15. The van der Waals surface area contributed by atoms with Crippen molar-refractivity contribution in [2.24, 2.45) is 0 Å². The fourth-order valence-corrected chi connectivity index (χ4v) is 3.72. The van der Waals surface area contributed by atoms with E-state index in [1.54, 1.807) is 0 Å². The van der Waals surface area contributed by atoms with Gasteiger partial charge in [0.1, 0.15) is 5.82 Å². The first-order chi connectivity index (χ1) is 12.3. The molecule has 0 aliphatic carbocycles. The third-order valence-corrected chi connectivity index (χ3v) is 5.18. The Morgan fingerprint density at radius 2 is 1.88 bits per heavy atom. The van der Waals surface area contributed by atoms with Gasteiger partial charge >= 0.3 is 0 Å². The highest BCUT2D eigenvalue weighted by Gasteiger charge is 2.26. The highest BCUT2D eigenvalue weighted by atomic mass is 32.1. The van der Waals surface area contributed by atoms with Crippen molar-refractivity contribution >= 4 is 24.3 Å². The van der Waals surface area contributed by atoms with Crippen LogP contribution in [0.2, 0.25) is 0 Å². The minimum atomic E-state index is 0.358. The Labute approximate surface area is 154 Å². The predicted molar refractivity (Wildman–Crippen MR) is 108 cm³/mol. The molecular formula is C21H21N3S. The number of anilines is 2. The van der Waals surface area contributed by atoms with Gasteiger partial charge in [-0.15, -0.1) is 0 Å². The van der Waals surface area contributed by atoms with E-state index >= 15 is 0 Å². The molecule has 0 saturated heterocycles. The number of hydrogen-bond donors (Lipinski definition) is 3. The number of benzene rings is 2. The van der Waals surface area contributed by atoms with E-state index in [9.17, 15) is 0 Å². The minimum Gasteiger partial charge on any atom is -0.369 e. The van der Waals surface area contributed by atoms with Gasteiger partial charge in [0.2, 0.25) is 0 Å². The van der Waals surface area contributed by atoms with Gasteiger partial charge in [-0.1, -0.05) is 56.1 Å². The molecule has 1 atom stereocenters. The van der Waals surface area contributed by atoms with Crippen LogP contribution in [0.3, 0.4) is 0 Å². The molecule has 1 aliphatic heterocycles. The number of aromatic nitrogens is 1. The molecule has 0 amide bonds. The summed E-state index contributed by atoms with van der Waals surface area (Å²) in [5.74, 6) is 1.37. The molecule has 3 nitrogen and oxygen atoms in total. The molecule has 25 heavy (non-hydrogen) atoms. The van der Waals surface area contributed by atoms with Crippen molar-refractivity contribution in [3.63, 3.8) is 0 Å². The van der Waals surface area contributed by atoms with Crippen LogP contribution in [0.4, 0.5) is 11.5 Å². The molecule has 2 aromatic carbocycles. The van der Waals surface area contributed by atoms with E-state index < -0.39 is 0 Å². The molecule has 2 N–H and O–H groups in total. The second-order valence-electron chi connectivity index (χ2n) is 6.34. The van der Waals surface area contributed by atoms with Crippen LogP contribution in [0.1, 0.15) is 29.5 Å². The van der Waals surface area contributed by atoms with E-state index in [-0.39, 0.29) is 0 Å². The summed E-state index contributed by atoms with van der Waals surface area (Å²) >= 11 is 4.09. The van der Waals surface area contributed by atoms with Gasteiger partial charge in [0.25, 0.3) is 0 Å². The Bertz CT molecular complexity index is 890. The molecule has 4 heteroatoms. The van der Waals surface area contributed by atoms with E-state index in [0.29, 0.717) is 5.92 Å². The second-order valence-corrected chi connectivity index (χ2v) is 6.56. The van der Waals surface area contributed by atoms with Crippen LogP contribution in [-0.2, 0) is 6.42 Å². The lowest BCUT2D eigenvalue weighted by molar-refractivity contribution is 0.881. The zero-order chi connectivity index (χ0) is 17.2. The van der Waals surface area contributed by atoms with E-state index in [2.05, 4.69) is 77.2 Å². The van der Waals surface area contributed by atoms with E-state index in [0.717, 1.165) is 35.6 Å². The molecule has 3 aromatic rings. The Balaban J connectivity index is 1.74. The SMILES string of the molecule is CCc1ccccc1C1CNc2ncc(-c3ccc(NS)cc3)cc21. The Kier molecular flexibility index (Phi) is 4.36. The van der Waals surface area contributed by atoms with E-state index in [1.807, 2.05) is 18.3 Å². The van der Waals surface area contributed by atoms with E-state index in [4.69, 9.17) is 0 Å². The number of nitrogens with zero attached hydrogens (tertiary/aromatic N) is 1. The molecule has 0 saturated carbocycles. The van der Waals surface area contributed by atoms with Crippen LogP contribution in [0.25, 0.3) is 11.1 Å². The van der Waals surface area contributed by atoms with Gasteiger partial charge in [0.15, 0.2) is 0 Å². The van der Waals surface area contributed by atoms with Crippen molar-refractivity contribution in [3.05, 3.63) is 77.5 Å². The summed E-state index contributed by atoms with van der Waals surface area (Å²) in [6.07, 6.45) is 3.00. The maximum Gasteiger partial charge on any atom is 0.129 e. The molecule has 1 unspecified atom stereocenters. The molecule has 1 aliphatic rings. The molecule has 4 rings (SSSR count). The summed E-state index contributed by atoms with van der Waals surface area (Å²) in [5.41, 5.74) is 7.40. The molecule has 0 fully saturated rings. The van der Waals surface area contributed by atoms with Crippen LogP contribution in [-0.4, -0.2) is 11.5 Å². The van der Waals surface area contributed by atoms with Crippen molar-refractivity contribution in [2.45, 2.75) is 19.3 Å². The molecule has 126 valence electrons. The predicted octanol–water partition coefficient (Wildman–Crippen LogP) is 5.13. The number of nitrogens with one attached hydrogen (secondary N) is 2. The first kappa shape index (κ1) is 16.0. The average molecular weight is 347 g/mol. The van der Waals surface area contributed by atoms with Gasteiger partial charge in [-0.3, -0.25) is 0 Å². The lowest BCUT2D eigenvalue weighted by Crippen LogP contribution is -2.06. The zero-order valence-electron chi connectivity index (χ0n) is 14.2. The summed E-state index contributed by atoms with van der Waals surface area (Å²) in [6.45, 7) is 3.12. The number of thiol groups is 1. The van der Waals surface area contributed by atoms with Crippen molar-refractivity contribution < 1.29 is 0 Å². The van der Waals surface area contributed by atoms with Gasteiger partial charge < -0.3 is 10.0 Å².